The van der Waals surface area contributed by atoms with Crippen molar-refractivity contribution in [2.75, 3.05) is 27.0 Å². The summed E-state index contributed by atoms with van der Waals surface area (Å²) in [5.41, 5.74) is -0.880. The maximum Gasteiger partial charge on any atom is 0.416 e. The number of alkyl halides is 3. The molecule has 1 aromatic rings. The van der Waals surface area contributed by atoms with Crippen LogP contribution in [0.25, 0.3) is 0 Å². The Morgan fingerprint density at radius 2 is 1.86 bits per heavy atom. The van der Waals surface area contributed by atoms with E-state index >= 15 is 0 Å². The zero-order valence-electron chi connectivity index (χ0n) is 11.6. The molecule has 22 heavy (non-hydrogen) atoms. The molecule has 0 aliphatic heterocycles. The Balaban J connectivity index is 2.76. The third kappa shape index (κ3) is 5.53. The normalized spacial score (nSPS) is 12.3. The Labute approximate surface area is 138 Å². The summed E-state index contributed by atoms with van der Waals surface area (Å²) < 4.78 is 64.3. The smallest absolute Gasteiger partial charge is 0.416 e. The summed E-state index contributed by atoms with van der Waals surface area (Å²) in [5.74, 6) is -0.686. The molecule has 0 spiro atoms. The van der Waals surface area contributed by atoms with Gasteiger partial charge in [0.25, 0.3) is 0 Å². The summed E-state index contributed by atoms with van der Waals surface area (Å²) in [6.07, 6.45) is -5.02. The van der Waals surface area contributed by atoms with Gasteiger partial charge in [-0.15, -0.1) is 0 Å². The number of carbonyl (C=O) groups excluding carboxylic acids is 1. The van der Waals surface area contributed by atoms with Gasteiger partial charge in [-0.05, 0) is 40.8 Å². The molecular formula is C12H13F3IO5P. The Kier molecular flexibility index (Phi) is 6.84. The molecular weight excluding hydrogens is 439 g/mol. The number of hydrogen-bond acceptors (Lipinski definition) is 5. The lowest BCUT2D eigenvalue weighted by atomic mass is 10.2. The van der Waals surface area contributed by atoms with E-state index in [-0.39, 0.29) is 5.75 Å². The monoisotopic (exact) mass is 452 g/mol. The van der Waals surface area contributed by atoms with Gasteiger partial charge < -0.3 is 13.8 Å². The summed E-state index contributed by atoms with van der Waals surface area (Å²) in [4.78, 5) is 11.7. The minimum absolute atomic E-state index is 0.0755. The zero-order valence-corrected chi connectivity index (χ0v) is 14.7. The van der Waals surface area contributed by atoms with Crippen molar-refractivity contribution in [3.8, 4) is 5.75 Å². The number of halogens is 4. The third-order valence-electron chi connectivity index (χ3n) is 2.57. The molecule has 0 aliphatic carbocycles. The van der Waals surface area contributed by atoms with E-state index in [0.717, 1.165) is 26.4 Å². The van der Waals surface area contributed by atoms with Gasteiger partial charge in [-0.2, -0.15) is 13.2 Å². The Morgan fingerprint density at radius 1 is 1.27 bits per heavy atom. The number of carbonyl (C=O) groups is 1. The minimum atomic E-state index is -4.51. The van der Waals surface area contributed by atoms with Crippen LogP contribution in [-0.2, 0) is 24.6 Å². The molecule has 0 saturated carbocycles. The van der Waals surface area contributed by atoms with Crippen LogP contribution >= 0.6 is 30.2 Å². The van der Waals surface area contributed by atoms with E-state index in [4.69, 9.17) is 4.74 Å². The van der Waals surface area contributed by atoms with E-state index in [2.05, 4.69) is 9.05 Å². The fraction of sp³-hybridized carbons (Fsp3) is 0.417. The van der Waals surface area contributed by atoms with Crippen molar-refractivity contribution in [3.05, 3.63) is 27.3 Å². The van der Waals surface area contributed by atoms with Crippen LogP contribution < -0.4 is 4.74 Å². The lowest BCUT2D eigenvalue weighted by Crippen LogP contribution is -2.17. The predicted octanol–water partition coefficient (Wildman–Crippen LogP) is 3.74. The van der Waals surface area contributed by atoms with Crippen LogP contribution in [-0.4, -0.2) is 32.8 Å². The van der Waals surface area contributed by atoms with Crippen molar-refractivity contribution >= 4 is 36.0 Å². The molecule has 0 bridgehead atoms. The summed E-state index contributed by atoms with van der Waals surface area (Å²) >= 11 is 1.79. The highest BCUT2D eigenvalue weighted by atomic mass is 127. The standard InChI is InChI=1S/C12H13F3IO5P/c1-19-22(18,20-2)7-9(17)6-21-11-5-8(12(13,14)15)3-4-10(11)16/h3-5H,6-7H2,1-2H3. The highest BCUT2D eigenvalue weighted by Crippen LogP contribution is 2.46. The summed E-state index contributed by atoms with van der Waals surface area (Å²) in [7, 11) is -1.25. The van der Waals surface area contributed by atoms with Crippen LogP contribution in [0.5, 0.6) is 5.75 Å². The zero-order chi connectivity index (χ0) is 17.0. The van der Waals surface area contributed by atoms with Crippen molar-refractivity contribution in [3.63, 3.8) is 0 Å². The molecule has 0 saturated heterocycles. The molecule has 10 heteroatoms. The Morgan fingerprint density at radius 3 is 2.36 bits per heavy atom. The van der Waals surface area contributed by atoms with Crippen LogP contribution in [0.3, 0.4) is 0 Å². The van der Waals surface area contributed by atoms with Crippen LogP contribution in [0.1, 0.15) is 5.56 Å². The quantitative estimate of drug-likeness (QED) is 0.466. The highest BCUT2D eigenvalue weighted by Gasteiger charge is 2.31. The molecule has 0 heterocycles. The fourth-order valence-corrected chi connectivity index (χ4v) is 2.84. The molecule has 0 atom stereocenters. The van der Waals surface area contributed by atoms with Crippen LogP contribution in [0.4, 0.5) is 13.2 Å². The third-order valence-corrected chi connectivity index (χ3v) is 5.32. The number of ether oxygens (including phenoxy) is 1. The van der Waals surface area contributed by atoms with Crippen molar-refractivity contribution in [1.29, 1.82) is 0 Å². The lowest BCUT2D eigenvalue weighted by molar-refractivity contribution is -0.137. The van der Waals surface area contributed by atoms with E-state index < -0.39 is 37.9 Å². The van der Waals surface area contributed by atoms with E-state index in [1.54, 1.807) is 22.6 Å². The molecule has 5 nitrogen and oxygen atoms in total. The van der Waals surface area contributed by atoms with Gasteiger partial charge >= 0.3 is 13.8 Å². The van der Waals surface area contributed by atoms with Crippen molar-refractivity contribution < 1.29 is 36.3 Å². The van der Waals surface area contributed by atoms with Gasteiger partial charge in [0.05, 0.1) is 9.13 Å². The first-order valence-electron chi connectivity index (χ1n) is 5.83. The molecule has 0 aliphatic rings. The van der Waals surface area contributed by atoms with Gasteiger partial charge in [0, 0.05) is 14.2 Å². The first kappa shape index (κ1) is 19.4. The molecule has 0 unspecified atom stereocenters. The van der Waals surface area contributed by atoms with Crippen molar-refractivity contribution in [2.45, 2.75) is 6.18 Å². The SMILES string of the molecule is COP(=O)(CC(=O)COc1cc(C(F)(F)F)ccc1I)OC. The molecule has 0 aromatic heterocycles. The summed E-state index contributed by atoms with van der Waals surface area (Å²) in [6, 6.07) is 2.96. The number of hydrogen-bond donors (Lipinski definition) is 0. The van der Waals surface area contributed by atoms with Crippen LogP contribution in [0, 0.1) is 3.57 Å². The lowest BCUT2D eigenvalue weighted by Gasteiger charge is -2.14. The summed E-state index contributed by atoms with van der Waals surface area (Å²) in [6.45, 7) is -0.534. The van der Waals surface area contributed by atoms with E-state index in [0.29, 0.717) is 3.57 Å². The molecule has 124 valence electrons. The maximum absolute atomic E-state index is 12.6. The first-order chi connectivity index (χ1) is 10.1. The largest absolute Gasteiger partial charge is 0.485 e. The number of Topliss-reactive ketones (excluding diaryl/α,β-unsaturated/α-hetero) is 1. The minimum Gasteiger partial charge on any atom is -0.485 e. The highest BCUT2D eigenvalue weighted by molar-refractivity contribution is 14.1. The van der Waals surface area contributed by atoms with Gasteiger partial charge in [0.2, 0.25) is 0 Å². The second-order valence-electron chi connectivity index (χ2n) is 4.10. The first-order valence-corrected chi connectivity index (χ1v) is 8.64. The number of ketones is 1. The second kappa shape index (κ2) is 7.76. The maximum atomic E-state index is 12.6. The fourth-order valence-electron chi connectivity index (χ4n) is 1.41. The molecule has 0 amide bonds. The van der Waals surface area contributed by atoms with Crippen molar-refractivity contribution in [1.82, 2.24) is 0 Å². The molecule has 0 radical (unpaired) electrons. The number of benzene rings is 1. The van der Waals surface area contributed by atoms with Gasteiger partial charge in [-0.1, -0.05) is 0 Å². The predicted molar refractivity (Wildman–Crippen MR) is 81.2 cm³/mol. The Bertz CT molecular complexity index is 583. The average molecular weight is 452 g/mol. The van der Waals surface area contributed by atoms with Gasteiger partial charge in [0.1, 0.15) is 18.5 Å². The number of rotatable bonds is 7. The van der Waals surface area contributed by atoms with Gasteiger partial charge in [-0.25, -0.2) is 0 Å². The van der Waals surface area contributed by atoms with Crippen LogP contribution in [0.15, 0.2) is 18.2 Å². The van der Waals surface area contributed by atoms with Gasteiger partial charge in [0.15, 0.2) is 5.78 Å². The molecule has 1 aromatic carbocycles. The molecule has 1 rings (SSSR count). The van der Waals surface area contributed by atoms with Crippen molar-refractivity contribution in [2.24, 2.45) is 0 Å². The second-order valence-corrected chi connectivity index (χ2v) is 7.54. The van der Waals surface area contributed by atoms with Crippen LogP contribution in [0.2, 0.25) is 0 Å². The van der Waals surface area contributed by atoms with E-state index in [1.165, 1.54) is 6.07 Å². The van der Waals surface area contributed by atoms with E-state index in [9.17, 15) is 22.5 Å². The summed E-state index contributed by atoms with van der Waals surface area (Å²) in [5, 5.41) is 0. The van der Waals surface area contributed by atoms with Gasteiger partial charge in [-0.3, -0.25) is 9.36 Å². The molecule has 0 fully saturated rings. The van der Waals surface area contributed by atoms with E-state index in [1.807, 2.05) is 0 Å². The topological polar surface area (TPSA) is 61.8 Å². The Hall–Kier alpha value is -0.640. The average Bonchev–Trinajstić information content (AvgIpc) is 2.45. The molecule has 0 N–H and O–H groups in total.